The number of methoxy groups -OCH3 is 1. The van der Waals surface area contributed by atoms with Crippen molar-refractivity contribution in [3.05, 3.63) is 23.3 Å². The molecule has 0 bridgehead atoms. The average molecular weight is 298 g/mol. The Balaban J connectivity index is 2.32. The molecular formula is C14H22N2O3S. The minimum atomic E-state index is -3.55. The van der Waals surface area contributed by atoms with E-state index in [9.17, 15) is 8.42 Å². The number of nitrogen functional groups attached to an aromatic ring is 1. The van der Waals surface area contributed by atoms with Crippen molar-refractivity contribution in [2.24, 2.45) is 0 Å². The molecule has 0 spiro atoms. The second kappa shape index (κ2) is 5.71. The van der Waals surface area contributed by atoms with Gasteiger partial charge in [-0.15, -0.1) is 0 Å². The van der Waals surface area contributed by atoms with Crippen molar-refractivity contribution in [2.75, 3.05) is 12.8 Å². The van der Waals surface area contributed by atoms with E-state index in [0.717, 1.165) is 19.3 Å². The number of hydrogen-bond acceptors (Lipinski definition) is 4. The van der Waals surface area contributed by atoms with Crippen LogP contribution in [0.15, 0.2) is 17.0 Å². The molecule has 0 amide bonds. The molecule has 0 aliphatic heterocycles. The fraction of sp³-hybridized carbons (Fsp3) is 0.571. The van der Waals surface area contributed by atoms with Crippen LogP contribution >= 0.6 is 0 Å². The van der Waals surface area contributed by atoms with Gasteiger partial charge in [0.1, 0.15) is 0 Å². The Kier molecular flexibility index (Phi) is 4.36. The highest BCUT2D eigenvalue weighted by Gasteiger charge is 2.32. The van der Waals surface area contributed by atoms with Crippen LogP contribution < -0.4 is 10.5 Å². The van der Waals surface area contributed by atoms with Gasteiger partial charge in [0.2, 0.25) is 10.0 Å². The molecule has 3 N–H and O–H groups in total. The van der Waals surface area contributed by atoms with Gasteiger partial charge in [0.15, 0.2) is 0 Å². The van der Waals surface area contributed by atoms with E-state index in [1.165, 1.54) is 0 Å². The number of nitrogens with one attached hydrogen (secondary N) is 1. The summed E-state index contributed by atoms with van der Waals surface area (Å²) in [5.41, 5.74) is 7.66. The predicted molar refractivity (Wildman–Crippen MR) is 79.1 cm³/mol. The Morgan fingerprint density at radius 3 is 2.40 bits per heavy atom. The van der Waals surface area contributed by atoms with Crippen molar-refractivity contribution >= 4 is 15.7 Å². The van der Waals surface area contributed by atoms with Gasteiger partial charge in [-0.1, -0.05) is 0 Å². The summed E-state index contributed by atoms with van der Waals surface area (Å²) in [4.78, 5) is 0.327. The van der Waals surface area contributed by atoms with E-state index in [1.807, 2.05) is 0 Å². The number of ether oxygens (including phenoxy) is 1. The Bertz CT molecular complexity index is 575. The first kappa shape index (κ1) is 15.3. The van der Waals surface area contributed by atoms with Crippen molar-refractivity contribution in [3.63, 3.8) is 0 Å². The van der Waals surface area contributed by atoms with Crippen LogP contribution in [0, 0.1) is 13.8 Å². The molecule has 1 aromatic rings. The Morgan fingerprint density at radius 1 is 1.25 bits per heavy atom. The number of anilines is 1. The Labute approximate surface area is 120 Å². The summed E-state index contributed by atoms with van der Waals surface area (Å²) >= 11 is 0. The molecule has 1 fully saturated rings. The van der Waals surface area contributed by atoms with Crippen molar-refractivity contribution in [2.45, 2.75) is 50.2 Å². The van der Waals surface area contributed by atoms with E-state index in [0.29, 0.717) is 21.7 Å². The molecule has 1 aliphatic rings. The van der Waals surface area contributed by atoms with Crippen molar-refractivity contribution < 1.29 is 13.2 Å². The van der Waals surface area contributed by atoms with Gasteiger partial charge < -0.3 is 10.5 Å². The van der Waals surface area contributed by atoms with Crippen LogP contribution in [0.25, 0.3) is 0 Å². The van der Waals surface area contributed by atoms with Crippen molar-refractivity contribution in [1.82, 2.24) is 4.72 Å². The molecule has 112 valence electrons. The number of hydrogen-bond donors (Lipinski definition) is 2. The average Bonchev–Trinajstić information content (AvgIpc) is 2.73. The number of rotatable bonds is 4. The lowest BCUT2D eigenvalue weighted by atomic mass is 10.1. The molecule has 20 heavy (non-hydrogen) atoms. The third-order valence-electron chi connectivity index (χ3n) is 3.81. The standard InChI is InChI=1S/C14H22N2O3S/c1-9-7-11(15)8-10(2)14(9)20(17,18)16-12-5-4-6-13(12)19-3/h7-8,12-13,16H,4-6,15H2,1-3H3. The molecule has 0 saturated heterocycles. The Hall–Kier alpha value is -1.11. The molecule has 1 aromatic carbocycles. The first-order valence-electron chi connectivity index (χ1n) is 6.77. The van der Waals surface area contributed by atoms with Crippen LogP contribution in [0.5, 0.6) is 0 Å². The smallest absolute Gasteiger partial charge is 0.241 e. The van der Waals surface area contributed by atoms with Gasteiger partial charge in [-0.2, -0.15) is 0 Å². The lowest BCUT2D eigenvalue weighted by Crippen LogP contribution is -2.41. The lowest BCUT2D eigenvalue weighted by molar-refractivity contribution is 0.0916. The van der Waals surface area contributed by atoms with Crippen molar-refractivity contribution in [3.8, 4) is 0 Å². The fourth-order valence-electron chi connectivity index (χ4n) is 3.01. The zero-order chi connectivity index (χ0) is 14.9. The third kappa shape index (κ3) is 2.97. The predicted octanol–water partition coefficient (Wildman–Crippen LogP) is 1.73. The maximum Gasteiger partial charge on any atom is 0.241 e. The number of benzene rings is 1. The quantitative estimate of drug-likeness (QED) is 0.830. The van der Waals surface area contributed by atoms with Crippen LogP contribution in [-0.2, 0) is 14.8 Å². The molecule has 0 radical (unpaired) electrons. The second-order valence-electron chi connectivity index (χ2n) is 5.42. The third-order valence-corrected chi connectivity index (χ3v) is 5.61. The van der Waals surface area contributed by atoms with Gasteiger partial charge in [0.05, 0.1) is 11.0 Å². The van der Waals surface area contributed by atoms with E-state index >= 15 is 0 Å². The molecule has 6 heteroatoms. The SMILES string of the molecule is COC1CCCC1NS(=O)(=O)c1c(C)cc(N)cc1C. The molecule has 1 aliphatic carbocycles. The highest BCUT2D eigenvalue weighted by atomic mass is 32.2. The van der Waals surface area contributed by atoms with Crippen LogP contribution in [0.1, 0.15) is 30.4 Å². The van der Waals surface area contributed by atoms with Gasteiger partial charge in [-0.3, -0.25) is 0 Å². The molecule has 5 nitrogen and oxygen atoms in total. The van der Waals surface area contributed by atoms with Gasteiger partial charge >= 0.3 is 0 Å². The normalized spacial score (nSPS) is 23.1. The highest BCUT2D eigenvalue weighted by molar-refractivity contribution is 7.89. The Morgan fingerprint density at radius 2 is 1.85 bits per heavy atom. The monoisotopic (exact) mass is 298 g/mol. The van der Waals surface area contributed by atoms with Gasteiger partial charge in [0, 0.05) is 18.8 Å². The maximum absolute atomic E-state index is 12.6. The van der Waals surface area contributed by atoms with E-state index in [4.69, 9.17) is 10.5 Å². The summed E-state index contributed by atoms with van der Waals surface area (Å²) < 4.78 is 33.3. The van der Waals surface area contributed by atoms with Crippen molar-refractivity contribution in [1.29, 1.82) is 0 Å². The molecule has 0 aromatic heterocycles. The molecule has 2 rings (SSSR count). The summed E-state index contributed by atoms with van der Waals surface area (Å²) in [5.74, 6) is 0. The molecule has 1 saturated carbocycles. The summed E-state index contributed by atoms with van der Waals surface area (Å²) in [6, 6.07) is 3.22. The van der Waals surface area contributed by atoms with Gasteiger partial charge in [0.25, 0.3) is 0 Å². The summed E-state index contributed by atoms with van der Waals surface area (Å²) in [6.45, 7) is 3.53. The van der Waals surface area contributed by atoms with Crippen LogP contribution in [0.4, 0.5) is 5.69 Å². The van der Waals surface area contributed by atoms with E-state index in [2.05, 4.69) is 4.72 Å². The zero-order valence-corrected chi connectivity index (χ0v) is 13.0. The van der Waals surface area contributed by atoms with E-state index in [-0.39, 0.29) is 12.1 Å². The topological polar surface area (TPSA) is 81.4 Å². The van der Waals surface area contributed by atoms with Gasteiger partial charge in [-0.05, 0) is 56.4 Å². The highest BCUT2D eigenvalue weighted by Crippen LogP contribution is 2.27. The van der Waals surface area contributed by atoms with Crippen LogP contribution in [-0.4, -0.2) is 27.7 Å². The van der Waals surface area contributed by atoms with Crippen LogP contribution in [0.3, 0.4) is 0 Å². The fourth-order valence-corrected chi connectivity index (χ4v) is 4.76. The lowest BCUT2D eigenvalue weighted by Gasteiger charge is -2.21. The minimum absolute atomic E-state index is 0.0424. The second-order valence-corrected chi connectivity index (χ2v) is 7.07. The summed E-state index contributed by atoms with van der Waals surface area (Å²) in [7, 11) is -1.93. The summed E-state index contributed by atoms with van der Waals surface area (Å²) in [5, 5.41) is 0. The maximum atomic E-state index is 12.6. The molecular weight excluding hydrogens is 276 g/mol. The zero-order valence-electron chi connectivity index (χ0n) is 12.1. The summed E-state index contributed by atoms with van der Waals surface area (Å²) in [6.07, 6.45) is 2.64. The largest absolute Gasteiger partial charge is 0.399 e. The number of sulfonamides is 1. The minimum Gasteiger partial charge on any atom is -0.399 e. The molecule has 2 unspecified atom stereocenters. The van der Waals surface area contributed by atoms with Crippen LogP contribution in [0.2, 0.25) is 0 Å². The number of aryl methyl sites for hydroxylation is 2. The molecule has 0 heterocycles. The number of nitrogens with two attached hydrogens (primary N) is 1. The first-order chi connectivity index (χ1) is 9.35. The van der Waals surface area contributed by atoms with Gasteiger partial charge in [-0.25, -0.2) is 13.1 Å². The first-order valence-corrected chi connectivity index (χ1v) is 8.25. The van der Waals surface area contributed by atoms with E-state index in [1.54, 1.807) is 33.1 Å². The van der Waals surface area contributed by atoms with E-state index < -0.39 is 10.0 Å². The molecule has 2 atom stereocenters.